The van der Waals surface area contributed by atoms with Crippen LogP contribution in [0.2, 0.25) is 0 Å². The fourth-order valence-corrected chi connectivity index (χ4v) is 4.09. The molecule has 0 radical (unpaired) electrons. The van der Waals surface area contributed by atoms with Gasteiger partial charge in [-0.25, -0.2) is 19.0 Å². The van der Waals surface area contributed by atoms with Crippen LogP contribution < -0.4 is 5.32 Å². The van der Waals surface area contributed by atoms with Gasteiger partial charge in [0.05, 0.1) is 11.7 Å². The second kappa shape index (κ2) is 9.69. The van der Waals surface area contributed by atoms with Gasteiger partial charge in [0.2, 0.25) is 0 Å². The topological polar surface area (TPSA) is 89.9 Å². The van der Waals surface area contributed by atoms with Gasteiger partial charge in [0.1, 0.15) is 11.9 Å². The van der Waals surface area contributed by atoms with Crippen molar-refractivity contribution in [1.29, 1.82) is 0 Å². The Labute approximate surface area is 191 Å². The summed E-state index contributed by atoms with van der Waals surface area (Å²) in [6.45, 7) is 6.57. The number of carbonyl (C=O) groups excluding carboxylic acids is 2. The summed E-state index contributed by atoms with van der Waals surface area (Å²) in [5.41, 5.74) is 1.27. The third-order valence-corrected chi connectivity index (χ3v) is 5.79. The largest absolute Gasteiger partial charge is 0.460 e. The van der Waals surface area contributed by atoms with E-state index >= 15 is 0 Å². The number of thiazole rings is 1. The third-order valence-electron chi connectivity index (χ3n) is 4.32. The van der Waals surface area contributed by atoms with E-state index in [0.717, 1.165) is 0 Å². The summed E-state index contributed by atoms with van der Waals surface area (Å²) in [5.74, 6) is -1.31. The van der Waals surface area contributed by atoms with Crippen molar-refractivity contribution in [2.75, 3.05) is 0 Å². The highest BCUT2D eigenvalue weighted by Crippen LogP contribution is 2.36. The number of esters is 2. The zero-order chi connectivity index (χ0) is 22.7. The van der Waals surface area contributed by atoms with Gasteiger partial charge >= 0.3 is 11.9 Å². The van der Waals surface area contributed by atoms with Crippen LogP contribution in [0.4, 0.5) is 4.39 Å². The molecule has 2 heterocycles. The van der Waals surface area contributed by atoms with Gasteiger partial charge in [0.15, 0.2) is 16.9 Å². The first-order valence-electron chi connectivity index (χ1n) is 9.49. The molecule has 1 N–H and O–H groups in total. The number of nitrogens with one attached hydrogen (secondary N) is 1. The maximum Gasteiger partial charge on any atom is 0.347 e. The number of halogens is 2. The van der Waals surface area contributed by atoms with Crippen LogP contribution in [0.25, 0.3) is 0 Å². The fraction of sp³-hybridized carbons (Fsp3) is 0.333. The maximum absolute atomic E-state index is 13.7. The number of ether oxygens (including phenoxy) is 2. The molecule has 0 aliphatic carbocycles. The Kier molecular flexibility index (Phi) is 7.22. The number of amidine groups is 1. The van der Waals surface area contributed by atoms with Crippen molar-refractivity contribution in [1.82, 2.24) is 10.3 Å². The second-order valence-electron chi connectivity index (χ2n) is 7.08. The van der Waals surface area contributed by atoms with Crippen LogP contribution in [0.5, 0.6) is 0 Å². The lowest BCUT2D eigenvalue weighted by molar-refractivity contribution is -0.167. The summed E-state index contributed by atoms with van der Waals surface area (Å²) in [5, 5.41) is 5.54. The molecule has 0 amide bonds. The van der Waals surface area contributed by atoms with Gasteiger partial charge in [-0.2, -0.15) is 0 Å². The fourth-order valence-electron chi connectivity index (χ4n) is 2.94. The molecule has 3 rings (SSSR count). The zero-order valence-corrected chi connectivity index (χ0v) is 19.7. The first-order chi connectivity index (χ1) is 14.7. The minimum atomic E-state index is -1.10. The minimum Gasteiger partial charge on any atom is -0.460 e. The highest BCUT2D eigenvalue weighted by Gasteiger charge is 2.34. The molecule has 0 spiro atoms. The lowest BCUT2D eigenvalue weighted by Crippen LogP contribution is -2.35. The first-order valence-corrected chi connectivity index (χ1v) is 11.2. The molecule has 0 fully saturated rings. The Balaban J connectivity index is 1.97. The third kappa shape index (κ3) is 5.37. The van der Waals surface area contributed by atoms with Crippen LogP contribution >= 0.6 is 27.3 Å². The van der Waals surface area contributed by atoms with Gasteiger partial charge in [-0.3, -0.25) is 4.99 Å². The van der Waals surface area contributed by atoms with E-state index in [1.165, 1.54) is 30.4 Å². The highest BCUT2D eigenvalue weighted by atomic mass is 79.9. The molecule has 1 aliphatic heterocycles. The molecular weight excluding hydrogens is 489 g/mol. The van der Waals surface area contributed by atoms with E-state index in [1.54, 1.807) is 33.0 Å². The number of allylic oxidation sites excluding steroid dienone is 1. The van der Waals surface area contributed by atoms with Crippen molar-refractivity contribution in [3.05, 3.63) is 61.9 Å². The van der Waals surface area contributed by atoms with E-state index in [4.69, 9.17) is 9.47 Å². The van der Waals surface area contributed by atoms with E-state index in [2.05, 4.69) is 31.2 Å². The van der Waals surface area contributed by atoms with Crippen molar-refractivity contribution < 1.29 is 23.5 Å². The summed E-state index contributed by atoms with van der Waals surface area (Å²) in [7, 11) is 0. The number of aliphatic imine (C=N–C) groups is 1. The number of carbonyl (C=O) groups is 2. The van der Waals surface area contributed by atoms with E-state index < -0.39 is 29.9 Å². The van der Waals surface area contributed by atoms with Crippen molar-refractivity contribution in [3.8, 4) is 0 Å². The smallest absolute Gasteiger partial charge is 0.347 e. The normalized spacial score (nSPS) is 17.1. The molecule has 0 saturated heterocycles. The second-order valence-corrected chi connectivity index (χ2v) is 8.83. The highest BCUT2D eigenvalue weighted by molar-refractivity contribution is 9.10. The molecule has 2 atom stereocenters. The lowest BCUT2D eigenvalue weighted by Gasteiger charge is -2.27. The zero-order valence-electron chi connectivity index (χ0n) is 17.3. The van der Waals surface area contributed by atoms with Crippen LogP contribution in [-0.4, -0.2) is 35.0 Å². The molecule has 7 nitrogen and oxygen atoms in total. The van der Waals surface area contributed by atoms with Gasteiger partial charge in [-0.1, -0.05) is 22.0 Å². The molecule has 2 unspecified atom stereocenters. The van der Waals surface area contributed by atoms with Crippen molar-refractivity contribution in [2.24, 2.45) is 4.99 Å². The Morgan fingerprint density at radius 1 is 1.26 bits per heavy atom. The number of nitrogens with zero attached hydrogens (tertiary/aromatic N) is 2. The minimum absolute atomic E-state index is 0.205. The molecule has 2 aromatic rings. The van der Waals surface area contributed by atoms with Crippen LogP contribution in [0.15, 0.2) is 50.5 Å². The van der Waals surface area contributed by atoms with Crippen molar-refractivity contribution in [2.45, 2.75) is 45.9 Å². The number of hydrogen-bond acceptors (Lipinski definition) is 8. The van der Waals surface area contributed by atoms with Crippen LogP contribution in [0.1, 0.15) is 44.3 Å². The standard InChI is InChI=1S/C21H21BrFN3O4S/c1-10(2)29-20(27)12(4)30-21(28)16-11(3)25-18(19-24-7-8-31-19)26-17(16)14-6-5-13(23)9-15(14)22/h5-10,12,17H,1-4H3,(H,25,26). The molecular formula is C21H21BrFN3O4S. The Hall–Kier alpha value is -2.59. The van der Waals surface area contributed by atoms with Gasteiger partial charge in [-0.05, 0) is 45.4 Å². The summed E-state index contributed by atoms with van der Waals surface area (Å²) in [6, 6.07) is 3.35. The monoisotopic (exact) mass is 509 g/mol. The molecule has 0 bridgehead atoms. The van der Waals surface area contributed by atoms with E-state index in [-0.39, 0.29) is 11.7 Å². The maximum atomic E-state index is 13.7. The summed E-state index contributed by atoms with van der Waals surface area (Å²) < 4.78 is 24.6. The molecule has 164 valence electrons. The van der Waals surface area contributed by atoms with Gasteiger partial charge < -0.3 is 14.8 Å². The Morgan fingerprint density at radius 3 is 2.61 bits per heavy atom. The van der Waals surface area contributed by atoms with Crippen molar-refractivity contribution >= 4 is 45.0 Å². The predicted octanol–water partition coefficient (Wildman–Crippen LogP) is 4.29. The molecule has 1 aliphatic rings. The quantitative estimate of drug-likeness (QED) is 0.584. The molecule has 1 aromatic heterocycles. The van der Waals surface area contributed by atoms with E-state index in [0.29, 0.717) is 26.6 Å². The number of aromatic nitrogens is 1. The molecule has 1 aromatic carbocycles. The first kappa shape index (κ1) is 23.1. The van der Waals surface area contributed by atoms with Gasteiger partial charge in [0, 0.05) is 21.7 Å². The number of rotatable bonds is 6. The van der Waals surface area contributed by atoms with Gasteiger partial charge in [0.25, 0.3) is 0 Å². The summed E-state index contributed by atoms with van der Waals surface area (Å²) in [4.78, 5) is 34.1. The molecule has 0 saturated carbocycles. The van der Waals surface area contributed by atoms with Crippen LogP contribution in [0.3, 0.4) is 0 Å². The summed E-state index contributed by atoms with van der Waals surface area (Å²) in [6.07, 6.45) is 0.217. The number of hydrogen-bond donors (Lipinski definition) is 1. The number of benzene rings is 1. The summed E-state index contributed by atoms with van der Waals surface area (Å²) >= 11 is 4.75. The Bertz CT molecular complexity index is 1050. The van der Waals surface area contributed by atoms with Gasteiger partial charge in [-0.15, -0.1) is 11.3 Å². The SMILES string of the molecule is CC1=C(C(=O)OC(C)C(=O)OC(C)C)C(c2ccc(F)cc2Br)N=C(c2nccs2)N1. The van der Waals surface area contributed by atoms with E-state index in [1.807, 2.05) is 5.38 Å². The van der Waals surface area contributed by atoms with Crippen LogP contribution in [0, 0.1) is 5.82 Å². The predicted molar refractivity (Wildman–Crippen MR) is 118 cm³/mol. The average Bonchev–Trinajstić information content (AvgIpc) is 3.21. The molecule has 31 heavy (non-hydrogen) atoms. The lowest BCUT2D eigenvalue weighted by atomic mass is 9.96. The van der Waals surface area contributed by atoms with Crippen molar-refractivity contribution in [3.63, 3.8) is 0 Å². The van der Waals surface area contributed by atoms with E-state index in [9.17, 15) is 14.0 Å². The molecule has 10 heteroatoms. The van der Waals surface area contributed by atoms with Crippen LogP contribution in [-0.2, 0) is 19.1 Å². The average molecular weight is 510 g/mol. The Morgan fingerprint density at radius 2 is 2.00 bits per heavy atom.